The predicted octanol–water partition coefficient (Wildman–Crippen LogP) is 6.20. The van der Waals surface area contributed by atoms with Crippen LogP contribution in [0.15, 0.2) is 118 Å². The molecule has 3 aliphatic heterocycles. The minimum atomic E-state index is -4.76. The molecule has 4 unspecified atom stereocenters. The zero-order chi connectivity index (χ0) is 39.3. The van der Waals surface area contributed by atoms with E-state index in [-0.39, 0.29) is 31.0 Å². The average molecular weight is 804 g/mol. The number of phenols is 1. The van der Waals surface area contributed by atoms with Gasteiger partial charge in [0.2, 0.25) is 0 Å². The summed E-state index contributed by atoms with van der Waals surface area (Å²) in [6.45, 7) is -0.0572. The number of fused-ring (bicyclic) bond motifs is 5. The number of amides is 2. The number of carbonyl (C=O) groups excluding carboxylic acids is 2. The van der Waals surface area contributed by atoms with Crippen LogP contribution in [0, 0.1) is 11.8 Å². The monoisotopic (exact) mass is 802 g/mol. The highest BCUT2D eigenvalue weighted by atomic mass is 35.5. The lowest BCUT2D eigenvalue weighted by Gasteiger charge is -2.49. The molecule has 5 heterocycles. The largest absolute Gasteiger partial charge is 0.508 e. The number of ether oxygens (including phenoxy) is 1. The molecule has 5 aromatic rings. The Bertz CT molecular complexity index is 2670. The fourth-order valence-corrected chi connectivity index (χ4v) is 8.99. The summed E-state index contributed by atoms with van der Waals surface area (Å²) in [4.78, 5) is 62.3. The average Bonchev–Trinajstić information content (AvgIpc) is 3.56. The number of hydrazine groups is 1. The van der Waals surface area contributed by atoms with E-state index in [2.05, 4.69) is 10.4 Å². The van der Waals surface area contributed by atoms with Crippen LogP contribution >= 0.6 is 23.2 Å². The molecule has 3 aromatic carbocycles. The van der Waals surface area contributed by atoms with E-state index >= 15 is 4.79 Å². The van der Waals surface area contributed by atoms with Crippen molar-refractivity contribution in [1.29, 1.82) is 0 Å². The van der Waals surface area contributed by atoms with Crippen molar-refractivity contribution in [3.05, 3.63) is 156 Å². The van der Waals surface area contributed by atoms with E-state index in [0.717, 1.165) is 4.57 Å². The normalized spacial score (nSPS) is 22.7. The third kappa shape index (κ3) is 5.24. The summed E-state index contributed by atoms with van der Waals surface area (Å²) < 4.78 is 50.3. The number of para-hydroxylation sites is 1. The van der Waals surface area contributed by atoms with Crippen molar-refractivity contribution in [2.45, 2.75) is 37.0 Å². The second-order valence-corrected chi connectivity index (χ2v) is 14.7. The van der Waals surface area contributed by atoms with Gasteiger partial charge in [0.15, 0.2) is 5.82 Å². The second-order valence-electron chi connectivity index (χ2n) is 13.9. The molecule has 4 atom stereocenters. The number of nitrogens with zero attached hydrogens (tertiary/aromatic N) is 5. The fraction of sp³-hybridized carbons (Fsp3) is 0.205. The molecule has 284 valence electrons. The van der Waals surface area contributed by atoms with E-state index in [4.69, 9.17) is 27.9 Å². The van der Waals surface area contributed by atoms with E-state index in [1.165, 1.54) is 27.8 Å². The minimum Gasteiger partial charge on any atom is -0.508 e. The number of rotatable bonds is 5. The fourth-order valence-electron chi connectivity index (χ4n) is 8.66. The maximum atomic E-state index is 15.4. The number of hydrogen-bond acceptors (Lipinski definition) is 8. The Morgan fingerprint density at radius 1 is 0.946 bits per heavy atom. The number of pyridine rings is 1. The third-order valence-corrected chi connectivity index (χ3v) is 11.5. The highest BCUT2D eigenvalue weighted by Gasteiger charge is 2.69. The molecule has 1 aliphatic carbocycles. The Labute approximate surface area is 324 Å². The van der Waals surface area contributed by atoms with Gasteiger partial charge in [-0.05, 0) is 71.7 Å². The molecule has 0 radical (unpaired) electrons. The molecule has 56 heavy (non-hydrogen) atoms. The summed E-state index contributed by atoms with van der Waals surface area (Å²) in [5.41, 5.74) is 0.804. The van der Waals surface area contributed by atoms with E-state index in [1.807, 2.05) is 0 Å². The van der Waals surface area contributed by atoms with Crippen molar-refractivity contribution < 1.29 is 32.6 Å². The zero-order valence-electron chi connectivity index (χ0n) is 28.7. The Balaban J connectivity index is 1.26. The number of aromatic nitrogens is 4. The number of nitrogens with one attached hydrogen (secondary N) is 1. The number of aromatic hydroxyl groups is 1. The minimum absolute atomic E-state index is 0.0291. The molecule has 0 spiro atoms. The number of alkyl halides is 3. The van der Waals surface area contributed by atoms with Crippen LogP contribution < -0.4 is 21.5 Å². The van der Waals surface area contributed by atoms with Gasteiger partial charge in [-0.15, -0.1) is 0 Å². The molecular formula is C39H27Cl2F3N6O6. The highest BCUT2D eigenvalue weighted by Crippen LogP contribution is 2.61. The van der Waals surface area contributed by atoms with Gasteiger partial charge in [0, 0.05) is 29.1 Å². The van der Waals surface area contributed by atoms with Gasteiger partial charge < -0.3 is 9.84 Å². The van der Waals surface area contributed by atoms with Crippen molar-refractivity contribution in [2.24, 2.45) is 11.8 Å². The quantitative estimate of drug-likeness (QED) is 0.158. The number of benzene rings is 3. The van der Waals surface area contributed by atoms with Gasteiger partial charge in [-0.1, -0.05) is 59.6 Å². The van der Waals surface area contributed by atoms with Crippen LogP contribution in [-0.4, -0.2) is 40.8 Å². The van der Waals surface area contributed by atoms with Gasteiger partial charge in [-0.25, -0.2) is 28.5 Å². The molecule has 9 rings (SSSR count). The predicted molar refractivity (Wildman–Crippen MR) is 196 cm³/mol. The zero-order valence-corrected chi connectivity index (χ0v) is 30.2. The topological polar surface area (TPSA) is 141 Å². The second kappa shape index (κ2) is 12.7. The van der Waals surface area contributed by atoms with Crippen LogP contribution in [0.4, 0.5) is 19.0 Å². The third-order valence-electron chi connectivity index (χ3n) is 11.0. The summed E-state index contributed by atoms with van der Waals surface area (Å²) in [7, 11) is 0. The Kier molecular flexibility index (Phi) is 8.11. The molecule has 2 fully saturated rings. The van der Waals surface area contributed by atoms with Gasteiger partial charge >= 0.3 is 17.6 Å². The Morgan fingerprint density at radius 2 is 1.70 bits per heavy atom. The molecule has 2 aromatic heterocycles. The molecule has 2 N–H and O–H groups in total. The van der Waals surface area contributed by atoms with Crippen LogP contribution in [0.2, 0.25) is 10.0 Å². The van der Waals surface area contributed by atoms with E-state index in [1.54, 1.807) is 66.7 Å². The maximum absolute atomic E-state index is 15.4. The van der Waals surface area contributed by atoms with E-state index in [0.29, 0.717) is 56.0 Å². The van der Waals surface area contributed by atoms with Crippen molar-refractivity contribution in [3.63, 3.8) is 0 Å². The first-order chi connectivity index (χ1) is 26.8. The first-order valence-electron chi connectivity index (χ1n) is 17.3. The lowest BCUT2D eigenvalue weighted by molar-refractivity contribution is -0.139. The number of anilines is 1. The van der Waals surface area contributed by atoms with Gasteiger partial charge in [-0.2, -0.15) is 18.2 Å². The lowest BCUT2D eigenvalue weighted by atomic mass is 9.52. The molecule has 1 saturated heterocycles. The van der Waals surface area contributed by atoms with Crippen molar-refractivity contribution >= 4 is 40.8 Å². The number of allylic oxidation sites excluding steroid dienone is 3. The molecular weight excluding hydrogens is 776 g/mol. The molecule has 2 amide bonds. The number of carbonyl (C=O) groups is 2. The summed E-state index contributed by atoms with van der Waals surface area (Å²) >= 11 is 12.6. The summed E-state index contributed by atoms with van der Waals surface area (Å²) in [5, 5.41) is 11.0. The van der Waals surface area contributed by atoms with Crippen LogP contribution in [0.25, 0.3) is 5.69 Å². The molecule has 12 nitrogen and oxygen atoms in total. The van der Waals surface area contributed by atoms with Gasteiger partial charge in [0.25, 0.3) is 11.8 Å². The Morgan fingerprint density at radius 3 is 2.41 bits per heavy atom. The Hall–Kier alpha value is -6.06. The van der Waals surface area contributed by atoms with Crippen molar-refractivity contribution in [1.82, 2.24) is 23.9 Å². The van der Waals surface area contributed by atoms with Gasteiger partial charge in [0.1, 0.15) is 11.5 Å². The number of hydrogen-bond donors (Lipinski definition) is 2. The van der Waals surface area contributed by atoms with E-state index in [9.17, 15) is 32.7 Å². The standard InChI is InChI=1S/C39H27Cl2F3N6O6/c40-24-8-6-22(7-9-24)38-28(34(52)49(35(38)53)46-33-29(41)16-23(18-45-33)39(42,43)44)17-30-27(32(38)21-14-20-15-26(51)10-11-31(20)56-19-21)12-13-47-36(54)48(37(55)50(30)47)25-4-2-1-3-5-25/h1-12,15-16,18-19,28,30,32,51H,13-14,17H2,(H,45,46). The van der Waals surface area contributed by atoms with Gasteiger partial charge in [-0.3, -0.25) is 15.0 Å². The van der Waals surface area contributed by atoms with Crippen LogP contribution in [0.5, 0.6) is 11.5 Å². The maximum Gasteiger partial charge on any atom is 0.417 e. The van der Waals surface area contributed by atoms with Crippen molar-refractivity contribution in [2.75, 3.05) is 5.43 Å². The highest BCUT2D eigenvalue weighted by molar-refractivity contribution is 6.33. The molecule has 0 bridgehead atoms. The van der Waals surface area contributed by atoms with Crippen molar-refractivity contribution in [3.8, 4) is 17.2 Å². The molecule has 17 heteroatoms. The number of halogens is 5. The summed E-state index contributed by atoms with van der Waals surface area (Å²) in [5.74, 6) is -3.78. The van der Waals surface area contributed by atoms with Gasteiger partial charge in [0.05, 0.1) is 46.5 Å². The summed E-state index contributed by atoms with van der Waals surface area (Å²) in [6.07, 6.45) is -0.962. The number of imide groups is 1. The summed E-state index contributed by atoms with van der Waals surface area (Å²) in [6, 6.07) is 19.1. The van der Waals surface area contributed by atoms with Crippen LogP contribution in [-0.2, 0) is 34.1 Å². The number of phenolic OH excluding ortho intramolecular Hbond substituents is 1. The smallest absolute Gasteiger partial charge is 0.417 e. The van der Waals surface area contributed by atoms with Crippen LogP contribution in [0.1, 0.15) is 29.2 Å². The van der Waals surface area contributed by atoms with E-state index < -0.39 is 63.2 Å². The van der Waals surface area contributed by atoms with Crippen LogP contribution in [0.3, 0.4) is 0 Å². The molecule has 4 aliphatic rings. The SMILES string of the molecule is O=C1C2CC3C(=CCn4c(=O)n(-c5ccccc5)c(=O)n43)C(C3=COc4ccc(O)cc4C3)C2(c2ccc(Cl)cc2)C(=O)N1Nc1ncc(C(F)(F)F)cc1Cl. The first kappa shape index (κ1) is 35.6. The first-order valence-corrected chi connectivity index (χ1v) is 18.1. The molecule has 1 saturated carbocycles. The lowest BCUT2D eigenvalue weighted by Crippen LogP contribution is -2.55.